The minimum atomic E-state index is -3.17. The molecule has 0 aromatic heterocycles. The average molecular weight is 228 g/mol. The van der Waals surface area contributed by atoms with Crippen molar-refractivity contribution in [3.63, 3.8) is 0 Å². The summed E-state index contributed by atoms with van der Waals surface area (Å²) in [4.78, 5) is 0. The summed E-state index contributed by atoms with van der Waals surface area (Å²) in [6.45, 7) is 4.01. The molecule has 4 nitrogen and oxygen atoms in total. The fourth-order valence-electron chi connectivity index (χ4n) is 2.18. The molecule has 1 rings (SSSR count). The molecule has 1 N–H and O–H groups in total. The highest BCUT2D eigenvalue weighted by molar-refractivity contribution is 7.91. The fourth-order valence-corrected chi connectivity index (χ4v) is 3.76. The van der Waals surface area contributed by atoms with Gasteiger partial charge in [-0.25, -0.2) is 8.42 Å². The molecular weight excluding hydrogens is 212 g/mol. The van der Waals surface area contributed by atoms with Gasteiger partial charge >= 0.3 is 0 Å². The summed E-state index contributed by atoms with van der Waals surface area (Å²) >= 11 is 0. The Labute approximate surface area is 90.9 Å². The largest absolute Gasteiger partial charge is 0.295 e. The first kappa shape index (κ1) is 12.2. The predicted molar refractivity (Wildman–Crippen MR) is 59.0 cm³/mol. The quantitative estimate of drug-likeness (QED) is 0.716. The Bertz CT molecular complexity index is 383. The topological polar surface area (TPSA) is 70.0 Å². The molecule has 5 heteroatoms. The standard InChI is InChI=1S/C10H16N2O2S/c1-3-7-12-10(8-11)6-4-5-9(10)15(2,13)14/h3,9,12H,1,4-7H2,2H3. The minimum Gasteiger partial charge on any atom is -0.295 e. The van der Waals surface area contributed by atoms with Crippen LogP contribution in [0.1, 0.15) is 19.3 Å². The number of rotatable bonds is 4. The van der Waals surface area contributed by atoms with Crippen molar-refractivity contribution in [1.82, 2.24) is 5.32 Å². The van der Waals surface area contributed by atoms with E-state index >= 15 is 0 Å². The Morgan fingerprint density at radius 3 is 2.87 bits per heavy atom. The van der Waals surface area contributed by atoms with Crippen LogP contribution in [0.2, 0.25) is 0 Å². The van der Waals surface area contributed by atoms with Gasteiger partial charge in [-0.05, 0) is 19.3 Å². The molecule has 0 heterocycles. The zero-order valence-electron chi connectivity index (χ0n) is 8.86. The number of nitrogens with zero attached hydrogens (tertiary/aromatic N) is 1. The van der Waals surface area contributed by atoms with Crippen LogP contribution >= 0.6 is 0 Å². The maximum absolute atomic E-state index is 11.6. The van der Waals surface area contributed by atoms with Crippen molar-refractivity contribution in [3.05, 3.63) is 12.7 Å². The first-order valence-corrected chi connectivity index (χ1v) is 6.88. The Morgan fingerprint density at radius 2 is 2.40 bits per heavy atom. The first-order valence-electron chi connectivity index (χ1n) is 4.92. The lowest BCUT2D eigenvalue weighted by molar-refractivity contribution is 0.438. The molecule has 0 aliphatic heterocycles. The van der Waals surface area contributed by atoms with Gasteiger partial charge in [0, 0.05) is 12.8 Å². The van der Waals surface area contributed by atoms with E-state index in [2.05, 4.69) is 18.0 Å². The molecule has 1 aliphatic carbocycles. The van der Waals surface area contributed by atoms with Gasteiger partial charge in [0.1, 0.15) is 5.54 Å². The van der Waals surface area contributed by atoms with Crippen molar-refractivity contribution in [2.75, 3.05) is 12.8 Å². The van der Waals surface area contributed by atoms with Gasteiger partial charge < -0.3 is 0 Å². The molecule has 0 aromatic carbocycles. The van der Waals surface area contributed by atoms with Gasteiger partial charge in [-0.2, -0.15) is 5.26 Å². The normalized spacial score (nSPS) is 31.1. The summed E-state index contributed by atoms with van der Waals surface area (Å²) in [7, 11) is -3.17. The molecule has 1 saturated carbocycles. The summed E-state index contributed by atoms with van der Waals surface area (Å²) in [5.41, 5.74) is -0.915. The van der Waals surface area contributed by atoms with E-state index < -0.39 is 20.6 Å². The van der Waals surface area contributed by atoms with Crippen molar-refractivity contribution in [3.8, 4) is 6.07 Å². The van der Waals surface area contributed by atoms with Crippen molar-refractivity contribution >= 4 is 9.84 Å². The number of nitrogens with one attached hydrogen (secondary N) is 1. The van der Waals surface area contributed by atoms with E-state index in [1.165, 1.54) is 6.26 Å². The van der Waals surface area contributed by atoms with Gasteiger partial charge in [0.15, 0.2) is 9.84 Å². The summed E-state index contributed by atoms with van der Waals surface area (Å²) in [5.74, 6) is 0. The van der Waals surface area contributed by atoms with Crippen LogP contribution < -0.4 is 5.32 Å². The van der Waals surface area contributed by atoms with Crippen LogP contribution in [0, 0.1) is 11.3 Å². The van der Waals surface area contributed by atoms with Crippen molar-refractivity contribution in [1.29, 1.82) is 5.26 Å². The van der Waals surface area contributed by atoms with Crippen molar-refractivity contribution in [2.45, 2.75) is 30.1 Å². The molecule has 15 heavy (non-hydrogen) atoms. The maximum atomic E-state index is 11.6. The lowest BCUT2D eigenvalue weighted by atomic mass is 9.99. The Balaban J connectivity index is 2.98. The van der Waals surface area contributed by atoms with E-state index in [4.69, 9.17) is 5.26 Å². The fraction of sp³-hybridized carbons (Fsp3) is 0.700. The smallest absolute Gasteiger partial charge is 0.153 e. The molecule has 2 atom stereocenters. The third-order valence-corrected chi connectivity index (χ3v) is 4.54. The molecule has 0 amide bonds. The monoisotopic (exact) mass is 228 g/mol. The number of nitriles is 1. The van der Waals surface area contributed by atoms with E-state index in [0.717, 1.165) is 6.42 Å². The van der Waals surface area contributed by atoms with E-state index in [0.29, 0.717) is 19.4 Å². The van der Waals surface area contributed by atoms with Gasteiger partial charge in [-0.3, -0.25) is 5.32 Å². The lowest BCUT2D eigenvalue weighted by Crippen LogP contribution is -2.52. The third kappa shape index (κ3) is 2.39. The number of hydrogen-bond donors (Lipinski definition) is 1. The first-order chi connectivity index (χ1) is 6.96. The molecule has 0 saturated heterocycles. The second-order valence-electron chi connectivity index (χ2n) is 3.96. The van der Waals surface area contributed by atoms with Crippen LogP contribution in [-0.2, 0) is 9.84 Å². The summed E-state index contributed by atoms with van der Waals surface area (Å²) in [5, 5.41) is 11.6. The van der Waals surface area contributed by atoms with Gasteiger partial charge in [0.25, 0.3) is 0 Å². The van der Waals surface area contributed by atoms with Crippen LogP contribution in [0.4, 0.5) is 0 Å². The summed E-state index contributed by atoms with van der Waals surface area (Å²) in [6.07, 6.45) is 4.77. The van der Waals surface area contributed by atoms with Gasteiger partial charge in [0.05, 0.1) is 11.3 Å². The van der Waals surface area contributed by atoms with Gasteiger partial charge in [-0.1, -0.05) is 6.08 Å². The minimum absolute atomic E-state index is 0.458. The number of hydrogen-bond acceptors (Lipinski definition) is 4. The molecule has 2 unspecified atom stereocenters. The van der Waals surface area contributed by atoms with Crippen LogP contribution in [0.15, 0.2) is 12.7 Å². The predicted octanol–water partition coefficient (Wildman–Crippen LogP) is 0.621. The highest BCUT2D eigenvalue weighted by Gasteiger charge is 2.48. The SMILES string of the molecule is C=CCNC1(C#N)CCCC1S(C)(=O)=O. The molecule has 0 radical (unpaired) electrons. The highest BCUT2D eigenvalue weighted by Crippen LogP contribution is 2.34. The zero-order chi connectivity index (χ0) is 11.5. The summed E-state index contributed by atoms with van der Waals surface area (Å²) < 4.78 is 23.1. The highest BCUT2D eigenvalue weighted by atomic mass is 32.2. The van der Waals surface area contributed by atoms with Crippen LogP contribution in [0.25, 0.3) is 0 Å². The Morgan fingerprint density at radius 1 is 1.73 bits per heavy atom. The van der Waals surface area contributed by atoms with Crippen LogP contribution in [0.3, 0.4) is 0 Å². The van der Waals surface area contributed by atoms with E-state index in [-0.39, 0.29) is 0 Å². The molecule has 0 aromatic rings. The molecular formula is C10H16N2O2S. The second kappa shape index (κ2) is 4.33. The summed E-state index contributed by atoms with van der Waals surface area (Å²) in [6, 6.07) is 2.13. The van der Waals surface area contributed by atoms with Gasteiger partial charge in [-0.15, -0.1) is 6.58 Å². The van der Waals surface area contributed by atoms with E-state index in [1.807, 2.05) is 0 Å². The lowest BCUT2D eigenvalue weighted by Gasteiger charge is -2.28. The van der Waals surface area contributed by atoms with Crippen LogP contribution in [0.5, 0.6) is 0 Å². The average Bonchev–Trinajstić information content (AvgIpc) is 2.58. The molecule has 0 spiro atoms. The maximum Gasteiger partial charge on any atom is 0.153 e. The van der Waals surface area contributed by atoms with E-state index in [9.17, 15) is 8.42 Å². The van der Waals surface area contributed by atoms with Crippen LogP contribution in [-0.4, -0.2) is 32.0 Å². The van der Waals surface area contributed by atoms with Gasteiger partial charge in [0.2, 0.25) is 0 Å². The second-order valence-corrected chi connectivity index (χ2v) is 6.19. The Kier molecular flexibility index (Phi) is 3.53. The number of sulfone groups is 1. The Hall–Kier alpha value is -0.860. The molecule has 84 valence electrons. The van der Waals surface area contributed by atoms with Crippen molar-refractivity contribution in [2.24, 2.45) is 0 Å². The molecule has 1 fully saturated rings. The third-order valence-electron chi connectivity index (χ3n) is 2.87. The zero-order valence-corrected chi connectivity index (χ0v) is 9.68. The molecule has 0 bridgehead atoms. The molecule has 1 aliphatic rings. The van der Waals surface area contributed by atoms with E-state index in [1.54, 1.807) is 6.08 Å². The van der Waals surface area contributed by atoms with Crippen molar-refractivity contribution < 1.29 is 8.42 Å².